The van der Waals surface area contributed by atoms with Crippen LogP contribution in [0, 0.1) is 35.0 Å². The van der Waals surface area contributed by atoms with Gasteiger partial charge in [0.15, 0.2) is 0 Å². The second-order valence-electron chi connectivity index (χ2n) is 9.39. The first-order chi connectivity index (χ1) is 14.1. The van der Waals surface area contributed by atoms with E-state index in [1.54, 1.807) is 6.20 Å². The fourth-order valence-corrected chi connectivity index (χ4v) is 5.84. The Balaban J connectivity index is 1.27. The van der Waals surface area contributed by atoms with Crippen LogP contribution in [0.2, 0.25) is 0 Å². The van der Waals surface area contributed by atoms with E-state index < -0.39 is 0 Å². The van der Waals surface area contributed by atoms with Crippen LogP contribution in [0.4, 0.5) is 0 Å². The highest BCUT2D eigenvalue weighted by atomic mass is 16.2. The van der Waals surface area contributed by atoms with E-state index in [4.69, 9.17) is 0 Å². The first-order valence-corrected chi connectivity index (χ1v) is 11.3. The lowest BCUT2D eigenvalue weighted by Gasteiger charge is -2.32. The Morgan fingerprint density at radius 2 is 1.97 bits per heavy atom. The Kier molecular flexibility index (Phi) is 6.23. The van der Waals surface area contributed by atoms with Gasteiger partial charge in [-0.15, -0.1) is 0 Å². The third-order valence-corrected chi connectivity index (χ3v) is 7.55. The predicted molar refractivity (Wildman–Crippen MR) is 115 cm³/mol. The number of fused-ring (bicyclic) bond motifs is 2. The van der Waals surface area contributed by atoms with Gasteiger partial charge in [-0.1, -0.05) is 36.8 Å². The zero-order valence-electron chi connectivity index (χ0n) is 17.5. The molecular formula is C25H33N3O. The molecule has 2 bridgehead atoms. The Bertz CT molecular complexity index is 773. The fourth-order valence-electron chi connectivity index (χ4n) is 5.84. The Morgan fingerprint density at radius 3 is 2.59 bits per heavy atom. The van der Waals surface area contributed by atoms with Crippen LogP contribution >= 0.6 is 0 Å². The number of rotatable bonds is 6. The smallest absolute Gasteiger partial charge is 0.265 e. The number of likely N-dealkylation sites (tertiary alicyclic amines) is 1. The van der Waals surface area contributed by atoms with Crippen LogP contribution in [-0.4, -0.2) is 29.9 Å². The highest BCUT2D eigenvalue weighted by molar-refractivity contribution is 5.97. The number of hydrogen-bond acceptors (Lipinski definition) is 3. The standard InChI is InChI=1S/C25H33N3O/c1-18(24-15-21-7-8-22(24)14-21)27-17-23(16-26)25(29)28-11-9-20(10-12-28)13-19-5-3-2-4-6-19/h2-6,17-18,20-22,24,27H,7-15H2,1H3/b23-17-. The fraction of sp³-hybridized carbons (Fsp3) is 0.600. The topological polar surface area (TPSA) is 56.1 Å². The van der Waals surface area contributed by atoms with E-state index in [-0.39, 0.29) is 11.5 Å². The molecular weight excluding hydrogens is 358 g/mol. The lowest BCUT2D eigenvalue weighted by Crippen LogP contribution is -2.40. The summed E-state index contributed by atoms with van der Waals surface area (Å²) >= 11 is 0. The molecule has 29 heavy (non-hydrogen) atoms. The van der Waals surface area contributed by atoms with Crippen LogP contribution in [-0.2, 0) is 11.2 Å². The van der Waals surface area contributed by atoms with Gasteiger partial charge in [-0.05, 0) is 74.7 Å². The number of nitrogens with one attached hydrogen (secondary N) is 1. The van der Waals surface area contributed by atoms with Crippen LogP contribution in [0.3, 0.4) is 0 Å². The van der Waals surface area contributed by atoms with Crippen molar-refractivity contribution < 1.29 is 4.79 Å². The van der Waals surface area contributed by atoms with E-state index in [1.807, 2.05) is 11.0 Å². The zero-order valence-corrected chi connectivity index (χ0v) is 17.5. The minimum atomic E-state index is -0.113. The first kappa shape index (κ1) is 20.0. The molecule has 4 atom stereocenters. The van der Waals surface area contributed by atoms with Crippen molar-refractivity contribution in [2.75, 3.05) is 13.1 Å². The number of hydrogen-bond donors (Lipinski definition) is 1. The van der Waals surface area contributed by atoms with E-state index in [0.717, 1.165) is 44.2 Å². The summed E-state index contributed by atoms with van der Waals surface area (Å²) in [6.07, 6.45) is 10.2. The summed E-state index contributed by atoms with van der Waals surface area (Å²) in [5, 5.41) is 12.9. The third-order valence-electron chi connectivity index (χ3n) is 7.55. The highest BCUT2D eigenvalue weighted by Crippen LogP contribution is 2.49. The molecule has 4 heteroatoms. The van der Waals surface area contributed by atoms with Gasteiger partial charge in [-0.3, -0.25) is 4.79 Å². The molecule has 154 valence electrons. The predicted octanol–water partition coefficient (Wildman–Crippen LogP) is 4.29. The van der Waals surface area contributed by atoms with Gasteiger partial charge in [-0.2, -0.15) is 5.26 Å². The summed E-state index contributed by atoms with van der Waals surface area (Å²) in [4.78, 5) is 14.7. The van der Waals surface area contributed by atoms with E-state index >= 15 is 0 Å². The van der Waals surface area contributed by atoms with E-state index in [2.05, 4.69) is 42.6 Å². The van der Waals surface area contributed by atoms with Crippen LogP contribution in [0.5, 0.6) is 0 Å². The summed E-state index contributed by atoms with van der Waals surface area (Å²) in [7, 11) is 0. The molecule has 3 fully saturated rings. The number of amides is 1. The second kappa shape index (κ2) is 9.03. The monoisotopic (exact) mass is 391 g/mol. The number of carbonyl (C=O) groups excluding carboxylic acids is 1. The molecule has 3 aliphatic rings. The quantitative estimate of drug-likeness (QED) is 0.581. The average Bonchev–Trinajstić information content (AvgIpc) is 3.39. The van der Waals surface area contributed by atoms with Crippen molar-refractivity contribution in [2.24, 2.45) is 23.7 Å². The van der Waals surface area contributed by atoms with Gasteiger partial charge in [-0.25, -0.2) is 0 Å². The van der Waals surface area contributed by atoms with Crippen LogP contribution in [0.25, 0.3) is 0 Å². The molecule has 1 N–H and O–H groups in total. The van der Waals surface area contributed by atoms with Gasteiger partial charge in [0.1, 0.15) is 11.6 Å². The van der Waals surface area contributed by atoms with Gasteiger partial charge in [0.25, 0.3) is 5.91 Å². The minimum absolute atomic E-state index is 0.113. The summed E-state index contributed by atoms with van der Waals surface area (Å²) in [5.41, 5.74) is 1.62. The number of benzene rings is 1. The maximum Gasteiger partial charge on any atom is 0.265 e. The molecule has 0 spiro atoms. The van der Waals surface area contributed by atoms with E-state index in [9.17, 15) is 10.1 Å². The van der Waals surface area contributed by atoms with Crippen LogP contribution < -0.4 is 5.32 Å². The van der Waals surface area contributed by atoms with Crippen molar-refractivity contribution in [2.45, 2.75) is 57.9 Å². The van der Waals surface area contributed by atoms with E-state index in [0.29, 0.717) is 17.9 Å². The zero-order chi connectivity index (χ0) is 20.2. The van der Waals surface area contributed by atoms with E-state index in [1.165, 1.54) is 31.2 Å². The molecule has 1 aromatic rings. The number of piperidine rings is 1. The summed E-state index contributed by atoms with van der Waals surface area (Å²) < 4.78 is 0. The van der Waals surface area contributed by atoms with Gasteiger partial charge in [0.05, 0.1) is 0 Å². The molecule has 1 aromatic carbocycles. The van der Waals surface area contributed by atoms with Crippen LogP contribution in [0.1, 0.15) is 51.0 Å². The highest BCUT2D eigenvalue weighted by Gasteiger charge is 2.41. The van der Waals surface area contributed by atoms with Crippen molar-refractivity contribution >= 4 is 5.91 Å². The summed E-state index contributed by atoms with van der Waals surface area (Å²) in [5.74, 6) is 2.94. The first-order valence-electron chi connectivity index (χ1n) is 11.3. The molecule has 0 aromatic heterocycles. The molecule has 1 saturated heterocycles. The largest absolute Gasteiger partial charge is 0.387 e. The molecule has 1 amide bonds. The van der Waals surface area contributed by atoms with Crippen molar-refractivity contribution in [3.05, 3.63) is 47.7 Å². The van der Waals surface area contributed by atoms with Gasteiger partial charge < -0.3 is 10.2 Å². The molecule has 2 saturated carbocycles. The second-order valence-corrected chi connectivity index (χ2v) is 9.39. The number of nitriles is 1. The van der Waals surface area contributed by atoms with Crippen molar-refractivity contribution in [1.82, 2.24) is 10.2 Å². The normalized spacial score (nSPS) is 28.2. The van der Waals surface area contributed by atoms with Crippen molar-refractivity contribution in [1.29, 1.82) is 5.26 Å². The molecule has 4 rings (SSSR count). The molecule has 2 aliphatic carbocycles. The van der Waals surface area contributed by atoms with Crippen molar-refractivity contribution in [3.63, 3.8) is 0 Å². The maximum absolute atomic E-state index is 12.9. The number of nitrogens with zero attached hydrogens (tertiary/aromatic N) is 2. The molecule has 0 radical (unpaired) electrons. The Labute approximate surface area is 175 Å². The molecule has 4 nitrogen and oxygen atoms in total. The van der Waals surface area contributed by atoms with Gasteiger partial charge in [0.2, 0.25) is 0 Å². The summed E-state index contributed by atoms with van der Waals surface area (Å²) in [6.45, 7) is 3.70. The minimum Gasteiger partial charge on any atom is -0.387 e. The molecule has 1 heterocycles. The maximum atomic E-state index is 12.9. The lowest BCUT2D eigenvalue weighted by molar-refractivity contribution is -0.128. The lowest BCUT2D eigenvalue weighted by atomic mass is 9.84. The van der Waals surface area contributed by atoms with Gasteiger partial charge in [0, 0.05) is 25.3 Å². The van der Waals surface area contributed by atoms with Crippen molar-refractivity contribution in [3.8, 4) is 6.07 Å². The SMILES string of the molecule is CC(N/C=C(/C#N)C(=O)N1CCC(Cc2ccccc2)CC1)C1CC2CCC1C2. The Hall–Kier alpha value is -2.28. The summed E-state index contributed by atoms with van der Waals surface area (Å²) in [6, 6.07) is 13.0. The Morgan fingerprint density at radius 1 is 1.21 bits per heavy atom. The average molecular weight is 392 g/mol. The third kappa shape index (κ3) is 4.66. The number of carbonyl (C=O) groups is 1. The molecule has 4 unspecified atom stereocenters. The molecule has 1 aliphatic heterocycles. The van der Waals surface area contributed by atoms with Gasteiger partial charge >= 0.3 is 0 Å². The van der Waals surface area contributed by atoms with Crippen LogP contribution in [0.15, 0.2) is 42.1 Å².